The maximum Gasteiger partial charge on any atom is 0.362 e. The van der Waals surface area contributed by atoms with E-state index in [1.165, 1.54) is 12.1 Å². The average Bonchev–Trinajstić information content (AvgIpc) is 3.09. The summed E-state index contributed by atoms with van der Waals surface area (Å²) in [6, 6.07) is 12.9. The lowest BCUT2D eigenvalue weighted by atomic mass is 10.2. The summed E-state index contributed by atoms with van der Waals surface area (Å²) in [5, 5.41) is 7.27. The van der Waals surface area contributed by atoms with Gasteiger partial charge in [0, 0.05) is 11.8 Å². The number of benzene rings is 1. The van der Waals surface area contributed by atoms with Crippen LogP contribution in [0.1, 0.15) is 26.5 Å². The van der Waals surface area contributed by atoms with E-state index in [4.69, 9.17) is 9.26 Å². The number of nitrogens with zero attached hydrogens (tertiary/aromatic N) is 3. The van der Waals surface area contributed by atoms with Gasteiger partial charge in [-0.15, -0.1) is 0 Å². The number of fused-ring (bicyclic) bond motifs is 1. The number of rotatable bonds is 4. The van der Waals surface area contributed by atoms with Crippen LogP contribution in [-0.2, 0) is 0 Å². The van der Waals surface area contributed by atoms with Crippen molar-refractivity contribution in [2.75, 3.05) is 5.32 Å². The molecule has 0 saturated carbocycles. The highest BCUT2D eigenvalue weighted by atomic mass is 16.5. The molecule has 28 heavy (non-hydrogen) atoms. The second-order valence-electron chi connectivity index (χ2n) is 5.93. The van der Waals surface area contributed by atoms with E-state index in [1.807, 2.05) is 0 Å². The average molecular weight is 374 g/mol. The number of anilines is 1. The Labute approximate surface area is 159 Å². The number of aryl methyl sites for hydroxylation is 1. The maximum atomic E-state index is 12.3. The van der Waals surface area contributed by atoms with Crippen molar-refractivity contribution in [2.24, 2.45) is 0 Å². The first kappa shape index (κ1) is 17.3. The Balaban J connectivity index is 1.44. The summed E-state index contributed by atoms with van der Waals surface area (Å²) in [7, 11) is 0. The Morgan fingerprint density at radius 3 is 2.64 bits per heavy atom. The van der Waals surface area contributed by atoms with Crippen molar-refractivity contribution in [3.05, 3.63) is 77.9 Å². The summed E-state index contributed by atoms with van der Waals surface area (Å²) < 4.78 is 10.4. The lowest BCUT2D eigenvalue weighted by molar-refractivity contribution is 0.0728. The fourth-order valence-electron chi connectivity index (χ4n) is 2.53. The first-order valence-electron chi connectivity index (χ1n) is 8.37. The maximum absolute atomic E-state index is 12.3. The van der Waals surface area contributed by atoms with Crippen LogP contribution in [0.2, 0.25) is 0 Å². The molecule has 0 aliphatic heterocycles. The van der Waals surface area contributed by atoms with E-state index in [0.29, 0.717) is 22.7 Å². The summed E-state index contributed by atoms with van der Waals surface area (Å²) >= 11 is 0. The summed E-state index contributed by atoms with van der Waals surface area (Å²) in [6.07, 6.45) is 3.17. The molecule has 8 nitrogen and oxygen atoms in total. The zero-order valence-electron chi connectivity index (χ0n) is 14.7. The van der Waals surface area contributed by atoms with Crippen LogP contribution in [-0.4, -0.2) is 27.0 Å². The quantitative estimate of drug-likeness (QED) is 0.431. The van der Waals surface area contributed by atoms with E-state index < -0.39 is 5.97 Å². The smallest absolute Gasteiger partial charge is 0.362 e. The van der Waals surface area contributed by atoms with Crippen LogP contribution < -0.4 is 10.1 Å². The summed E-state index contributed by atoms with van der Waals surface area (Å²) in [5.41, 5.74) is 2.08. The first-order valence-corrected chi connectivity index (χ1v) is 8.37. The molecule has 0 spiro atoms. The fraction of sp³-hybridized carbons (Fsp3) is 0.0500. The van der Waals surface area contributed by atoms with Crippen LogP contribution in [0, 0.1) is 6.92 Å². The molecule has 0 fully saturated rings. The Hall–Kier alpha value is -4.07. The second-order valence-corrected chi connectivity index (χ2v) is 5.93. The Bertz CT molecular complexity index is 1150. The van der Waals surface area contributed by atoms with Gasteiger partial charge in [0.15, 0.2) is 5.69 Å². The molecule has 8 heteroatoms. The van der Waals surface area contributed by atoms with Crippen LogP contribution in [0.3, 0.4) is 0 Å². The zero-order chi connectivity index (χ0) is 19.5. The number of carbonyl (C=O) groups is 2. The van der Waals surface area contributed by atoms with E-state index >= 15 is 0 Å². The number of ether oxygens (including phenoxy) is 1. The first-order chi connectivity index (χ1) is 13.6. The fourth-order valence-corrected chi connectivity index (χ4v) is 2.53. The largest absolute Gasteiger partial charge is 0.422 e. The van der Waals surface area contributed by atoms with Crippen molar-refractivity contribution in [3.63, 3.8) is 0 Å². The number of nitrogens with one attached hydrogen (secondary N) is 1. The molecule has 1 aromatic carbocycles. The van der Waals surface area contributed by atoms with Gasteiger partial charge >= 0.3 is 5.97 Å². The SMILES string of the molecule is Cc1noc2nc(C(=O)Oc3ccc(C(=O)Nc4cccnc4)cc3)ccc12. The van der Waals surface area contributed by atoms with Gasteiger partial charge < -0.3 is 14.6 Å². The third-order valence-electron chi connectivity index (χ3n) is 3.97. The lowest BCUT2D eigenvalue weighted by Gasteiger charge is -2.06. The topological polar surface area (TPSA) is 107 Å². The molecular weight excluding hydrogens is 360 g/mol. The Kier molecular flexibility index (Phi) is 4.51. The number of hydrogen-bond donors (Lipinski definition) is 1. The number of esters is 1. The third-order valence-corrected chi connectivity index (χ3v) is 3.97. The van der Waals surface area contributed by atoms with Crippen LogP contribution in [0.15, 0.2) is 65.4 Å². The van der Waals surface area contributed by atoms with Crippen LogP contribution in [0.5, 0.6) is 5.75 Å². The van der Waals surface area contributed by atoms with Crippen molar-refractivity contribution in [1.82, 2.24) is 15.1 Å². The molecule has 0 atom stereocenters. The van der Waals surface area contributed by atoms with E-state index in [-0.39, 0.29) is 17.3 Å². The third kappa shape index (κ3) is 3.56. The van der Waals surface area contributed by atoms with Gasteiger partial charge in [-0.1, -0.05) is 5.16 Å². The van der Waals surface area contributed by atoms with E-state index in [9.17, 15) is 9.59 Å². The van der Waals surface area contributed by atoms with Gasteiger partial charge in [-0.05, 0) is 55.5 Å². The molecule has 3 heterocycles. The Morgan fingerprint density at radius 1 is 1.07 bits per heavy atom. The van der Waals surface area contributed by atoms with E-state index in [0.717, 1.165) is 5.39 Å². The van der Waals surface area contributed by atoms with Gasteiger partial charge in [0.1, 0.15) is 5.75 Å². The van der Waals surface area contributed by atoms with Crippen molar-refractivity contribution in [3.8, 4) is 5.75 Å². The summed E-state index contributed by atoms with van der Waals surface area (Å²) in [5.74, 6) is -0.638. The molecule has 0 saturated heterocycles. The minimum Gasteiger partial charge on any atom is -0.422 e. The van der Waals surface area contributed by atoms with Gasteiger partial charge in [-0.25, -0.2) is 9.78 Å². The molecular formula is C20H14N4O4. The predicted molar refractivity (Wildman–Crippen MR) is 100 cm³/mol. The zero-order valence-corrected chi connectivity index (χ0v) is 14.7. The molecule has 3 aromatic heterocycles. The highest BCUT2D eigenvalue weighted by Gasteiger charge is 2.14. The molecule has 0 radical (unpaired) electrons. The molecule has 0 unspecified atom stereocenters. The van der Waals surface area contributed by atoms with Gasteiger partial charge in [0.05, 0.1) is 23.0 Å². The number of amides is 1. The molecule has 0 bridgehead atoms. The summed E-state index contributed by atoms with van der Waals surface area (Å²) in [6.45, 7) is 1.79. The lowest BCUT2D eigenvalue weighted by Crippen LogP contribution is -2.13. The standard InChI is InChI=1S/C20H14N4O4/c1-12-16-8-9-17(23-19(16)28-24-12)20(26)27-15-6-4-13(5-7-15)18(25)22-14-3-2-10-21-11-14/h2-11H,1H3,(H,22,25). The summed E-state index contributed by atoms with van der Waals surface area (Å²) in [4.78, 5) is 32.6. The molecule has 1 amide bonds. The minimum absolute atomic E-state index is 0.0991. The van der Waals surface area contributed by atoms with E-state index in [1.54, 1.807) is 55.7 Å². The normalized spacial score (nSPS) is 10.6. The number of pyridine rings is 2. The molecule has 4 rings (SSSR count). The van der Waals surface area contributed by atoms with Gasteiger partial charge in [-0.2, -0.15) is 0 Å². The van der Waals surface area contributed by atoms with E-state index in [2.05, 4.69) is 20.4 Å². The monoisotopic (exact) mass is 374 g/mol. The Morgan fingerprint density at radius 2 is 1.89 bits per heavy atom. The van der Waals surface area contributed by atoms with Crippen LogP contribution in [0.25, 0.3) is 11.1 Å². The van der Waals surface area contributed by atoms with Gasteiger partial charge in [0.2, 0.25) is 0 Å². The van der Waals surface area contributed by atoms with Crippen molar-refractivity contribution in [1.29, 1.82) is 0 Å². The predicted octanol–water partition coefficient (Wildman–Crippen LogP) is 3.40. The van der Waals surface area contributed by atoms with Crippen molar-refractivity contribution < 1.29 is 18.8 Å². The highest BCUT2D eigenvalue weighted by Crippen LogP contribution is 2.18. The second kappa shape index (κ2) is 7.28. The number of hydrogen-bond acceptors (Lipinski definition) is 7. The minimum atomic E-state index is -0.636. The van der Waals surface area contributed by atoms with Gasteiger partial charge in [-0.3, -0.25) is 9.78 Å². The number of carbonyl (C=O) groups excluding carboxylic acids is 2. The molecule has 0 aliphatic carbocycles. The molecule has 0 aliphatic rings. The van der Waals surface area contributed by atoms with Crippen LogP contribution >= 0.6 is 0 Å². The molecule has 138 valence electrons. The molecule has 1 N–H and O–H groups in total. The van der Waals surface area contributed by atoms with Crippen LogP contribution in [0.4, 0.5) is 5.69 Å². The highest BCUT2D eigenvalue weighted by molar-refractivity contribution is 6.04. The number of aromatic nitrogens is 3. The van der Waals surface area contributed by atoms with Crippen molar-refractivity contribution >= 4 is 28.7 Å². The van der Waals surface area contributed by atoms with Crippen molar-refractivity contribution in [2.45, 2.75) is 6.92 Å². The molecule has 4 aromatic rings. The van der Waals surface area contributed by atoms with Gasteiger partial charge in [0.25, 0.3) is 11.6 Å².